The lowest BCUT2D eigenvalue weighted by Crippen LogP contribution is -2.42. The summed E-state index contributed by atoms with van der Waals surface area (Å²) in [4.78, 5) is 12.2. The number of alkyl halides is 1. The molecule has 2 aliphatic rings. The maximum atomic E-state index is 12.2. The van der Waals surface area contributed by atoms with Crippen LogP contribution in [-0.2, 0) is 4.79 Å². The van der Waals surface area contributed by atoms with Gasteiger partial charge in [-0.2, -0.15) is 0 Å². The smallest absolute Gasteiger partial charge is 0.236 e. The molecule has 2 fully saturated rings. The Balaban J connectivity index is 0.000000541. The summed E-state index contributed by atoms with van der Waals surface area (Å²) in [5, 5.41) is 5.22. The normalized spacial score (nSPS) is 18.8. The van der Waals surface area contributed by atoms with Gasteiger partial charge in [-0.25, -0.2) is 4.39 Å². The number of halogens is 1. The fraction of sp³-hybridized carbons (Fsp3) is 0.519. The van der Waals surface area contributed by atoms with Crippen LogP contribution in [0.4, 0.5) is 4.39 Å². The first kappa shape index (κ1) is 29.2. The number of amides is 1. The molecule has 2 rings (SSSR count). The van der Waals surface area contributed by atoms with Crippen molar-refractivity contribution in [1.82, 2.24) is 5.32 Å². The minimum atomic E-state index is -0.852. The lowest BCUT2D eigenvalue weighted by molar-refractivity contribution is -0.122. The summed E-state index contributed by atoms with van der Waals surface area (Å²) < 4.78 is 11.2. The Bertz CT molecular complexity index is 623. The zero-order valence-corrected chi connectivity index (χ0v) is 20.6. The first-order valence-corrected chi connectivity index (χ1v) is 12.2. The van der Waals surface area contributed by atoms with Crippen LogP contribution in [-0.4, -0.2) is 22.9 Å². The third-order valence-corrected chi connectivity index (χ3v) is 6.31. The van der Waals surface area contributed by atoms with Crippen LogP contribution >= 0.6 is 11.8 Å². The molecular weight excluding hydrogens is 405 g/mol. The molecule has 0 spiro atoms. The van der Waals surface area contributed by atoms with Gasteiger partial charge in [-0.05, 0) is 58.3 Å². The summed E-state index contributed by atoms with van der Waals surface area (Å²) in [6.07, 6.45) is 21.3. The van der Waals surface area contributed by atoms with Crippen LogP contribution in [0.15, 0.2) is 73.3 Å². The van der Waals surface area contributed by atoms with E-state index in [9.17, 15) is 9.18 Å². The van der Waals surface area contributed by atoms with Gasteiger partial charge >= 0.3 is 0 Å². The number of nitrogens with one attached hydrogen (secondary N) is 1. The predicted molar refractivity (Wildman–Crippen MR) is 138 cm³/mol. The second kappa shape index (κ2) is 17.8. The minimum absolute atomic E-state index is 0.156. The van der Waals surface area contributed by atoms with E-state index < -0.39 is 6.17 Å². The summed E-state index contributed by atoms with van der Waals surface area (Å²) in [5.41, 5.74) is 1.35. The molecule has 0 saturated heterocycles. The lowest BCUT2D eigenvalue weighted by atomic mass is 9.95. The Morgan fingerprint density at radius 2 is 1.81 bits per heavy atom. The van der Waals surface area contributed by atoms with E-state index in [-0.39, 0.29) is 10.7 Å². The topological polar surface area (TPSA) is 29.1 Å². The quantitative estimate of drug-likeness (QED) is 0.286. The van der Waals surface area contributed by atoms with Gasteiger partial charge in [-0.3, -0.25) is 4.79 Å². The summed E-state index contributed by atoms with van der Waals surface area (Å²) in [5.74, 6) is 0.253. The van der Waals surface area contributed by atoms with Gasteiger partial charge in [0.2, 0.25) is 5.91 Å². The van der Waals surface area contributed by atoms with Crippen molar-refractivity contribution < 1.29 is 9.18 Å². The van der Waals surface area contributed by atoms with Crippen LogP contribution in [0.3, 0.4) is 0 Å². The van der Waals surface area contributed by atoms with E-state index in [1.54, 1.807) is 17.8 Å². The summed E-state index contributed by atoms with van der Waals surface area (Å²) >= 11 is 1.65. The SMILES string of the molecule is C=C/C=C(\C)C/C=C\C.C=C/C=C/SC1(C(=O)NC2CCCCC2)CC1.C=CC(C)F. The average molecular weight is 448 g/mol. The maximum absolute atomic E-state index is 12.2. The molecular formula is C27H42FNOS. The molecule has 0 aliphatic heterocycles. The molecule has 1 N–H and O–H groups in total. The largest absolute Gasteiger partial charge is 0.352 e. The summed E-state index contributed by atoms with van der Waals surface area (Å²) in [7, 11) is 0. The number of carbonyl (C=O) groups is 1. The van der Waals surface area contributed by atoms with Crippen molar-refractivity contribution in [1.29, 1.82) is 0 Å². The molecule has 0 aromatic carbocycles. The second-order valence-electron chi connectivity index (χ2n) is 7.92. The van der Waals surface area contributed by atoms with Crippen molar-refractivity contribution >= 4 is 17.7 Å². The molecule has 0 aromatic rings. The van der Waals surface area contributed by atoms with Gasteiger partial charge in [0, 0.05) is 6.04 Å². The van der Waals surface area contributed by atoms with Crippen LogP contribution in [0.25, 0.3) is 0 Å². The first-order chi connectivity index (χ1) is 14.8. The van der Waals surface area contributed by atoms with Crippen molar-refractivity contribution in [2.24, 2.45) is 0 Å². The number of hydrogen-bond acceptors (Lipinski definition) is 2. The maximum Gasteiger partial charge on any atom is 0.236 e. The molecule has 2 saturated carbocycles. The van der Waals surface area contributed by atoms with Crippen LogP contribution in [0.1, 0.15) is 72.1 Å². The molecule has 31 heavy (non-hydrogen) atoms. The average Bonchev–Trinajstić information content (AvgIpc) is 3.55. The monoisotopic (exact) mass is 447 g/mol. The molecule has 174 valence electrons. The molecule has 1 atom stereocenters. The molecule has 0 aromatic heterocycles. The number of carbonyl (C=O) groups excluding carboxylic acids is 1. The van der Waals surface area contributed by atoms with Crippen molar-refractivity contribution in [3.63, 3.8) is 0 Å². The fourth-order valence-electron chi connectivity index (χ4n) is 2.87. The molecule has 1 amide bonds. The van der Waals surface area contributed by atoms with Crippen molar-refractivity contribution in [2.75, 3.05) is 0 Å². The van der Waals surface area contributed by atoms with Gasteiger partial charge in [0.05, 0.1) is 4.75 Å². The number of rotatable bonds is 9. The van der Waals surface area contributed by atoms with E-state index in [0.717, 1.165) is 32.1 Å². The number of allylic oxidation sites excluding steroid dienone is 8. The van der Waals surface area contributed by atoms with Gasteiger partial charge in [0.25, 0.3) is 0 Å². The third kappa shape index (κ3) is 14.8. The second-order valence-corrected chi connectivity index (χ2v) is 9.21. The van der Waals surface area contributed by atoms with Crippen molar-refractivity contribution in [3.8, 4) is 0 Å². The van der Waals surface area contributed by atoms with Gasteiger partial charge in [-0.1, -0.05) is 80.5 Å². The minimum Gasteiger partial charge on any atom is -0.352 e. The van der Waals surface area contributed by atoms with Crippen LogP contribution in [0.2, 0.25) is 0 Å². The van der Waals surface area contributed by atoms with Crippen LogP contribution < -0.4 is 5.32 Å². The summed E-state index contributed by atoms with van der Waals surface area (Å²) in [6.45, 7) is 16.0. The van der Waals surface area contributed by atoms with Gasteiger partial charge < -0.3 is 5.32 Å². The van der Waals surface area contributed by atoms with Crippen molar-refractivity contribution in [3.05, 3.63) is 73.3 Å². The van der Waals surface area contributed by atoms with Crippen LogP contribution in [0, 0.1) is 0 Å². The summed E-state index contributed by atoms with van der Waals surface area (Å²) in [6, 6.07) is 0.428. The molecule has 1 unspecified atom stereocenters. The van der Waals surface area contributed by atoms with E-state index in [2.05, 4.69) is 44.1 Å². The van der Waals surface area contributed by atoms with Gasteiger partial charge in [0.1, 0.15) is 6.17 Å². The Labute approximate surface area is 194 Å². The third-order valence-electron chi connectivity index (χ3n) is 4.97. The zero-order chi connectivity index (χ0) is 23.5. The molecule has 2 nitrogen and oxygen atoms in total. The van der Waals surface area contributed by atoms with E-state index in [1.807, 2.05) is 30.6 Å². The number of thioether (sulfide) groups is 1. The van der Waals surface area contributed by atoms with Crippen molar-refractivity contribution in [2.45, 2.75) is 89.1 Å². The first-order valence-electron chi connectivity index (χ1n) is 11.3. The molecule has 0 radical (unpaired) electrons. The highest BCUT2D eigenvalue weighted by Gasteiger charge is 2.50. The Morgan fingerprint density at radius 1 is 1.19 bits per heavy atom. The molecule has 0 bridgehead atoms. The van der Waals surface area contributed by atoms with E-state index in [0.29, 0.717) is 6.04 Å². The lowest BCUT2D eigenvalue weighted by Gasteiger charge is -2.24. The molecule has 2 aliphatic carbocycles. The Morgan fingerprint density at radius 3 is 2.26 bits per heavy atom. The van der Waals surface area contributed by atoms with E-state index in [4.69, 9.17) is 0 Å². The Hall–Kier alpha value is -1.81. The fourth-order valence-corrected chi connectivity index (χ4v) is 3.83. The highest BCUT2D eigenvalue weighted by atomic mass is 32.2. The van der Waals surface area contributed by atoms with Crippen LogP contribution in [0.5, 0.6) is 0 Å². The molecule has 4 heteroatoms. The Kier molecular flexibility index (Phi) is 16.8. The zero-order valence-electron chi connectivity index (χ0n) is 19.7. The van der Waals surface area contributed by atoms with Gasteiger partial charge in [-0.15, -0.1) is 18.3 Å². The highest BCUT2D eigenvalue weighted by molar-refractivity contribution is 8.04. The predicted octanol–water partition coefficient (Wildman–Crippen LogP) is 8.02. The highest BCUT2D eigenvalue weighted by Crippen LogP contribution is 2.49. The van der Waals surface area contributed by atoms with E-state index >= 15 is 0 Å². The molecule has 0 heterocycles. The number of hydrogen-bond donors (Lipinski definition) is 1. The standard InChI is InChI=1S/C14H21NOS.C9H14.C4H7F/c1-2-3-11-17-14(9-10-14)13(16)15-12-7-5-4-6-8-12;1-4-6-8-9(3)7-5-2;1-3-4(2)5/h2-3,11-12H,1,4-10H2,(H,15,16);4-7H,2,8H2,1,3H3;3-4H,1H2,2H3/b11-3+;6-4-,9-7+;. The van der Waals surface area contributed by atoms with Gasteiger partial charge in [0.15, 0.2) is 0 Å². The van der Waals surface area contributed by atoms with E-state index in [1.165, 1.54) is 37.8 Å².